The van der Waals surface area contributed by atoms with Crippen LogP contribution >= 0.6 is 0 Å². The van der Waals surface area contributed by atoms with Gasteiger partial charge in [-0.1, -0.05) is 30.3 Å². The summed E-state index contributed by atoms with van der Waals surface area (Å²) in [7, 11) is 0. The van der Waals surface area contributed by atoms with Crippen LogP contribution in [0.3, 0.4) is 0 Å². The Morgan fingerprint density at radius 2 is 1.93 bits per heavy atom. The predicted octanol–water partition coefficient (Wildman–Crippen LogP) is 2.75. The maximum absolute atomic E-state index is 9.13. The highest BCUT2D eigenvalue weighted by Gasteiger charge is 2.09. The number of aliphatic hydroxyl groups is 1. The zero-order valence-corrected chi connectivity index (χ0v) is 8.03. The van der Waals surface area contributed by atoms with Crippen molar-refractivity contribution in [3.05, 3.63) is 47.7 Å². The lowest BCUT2D eigenvalue weighted by atomic mass is 10.1. The summed E-state index contributed by atoms with van der Waals surface area (Å²) in [5.74, 6) is 1.60. The van der Waals surface area contributed by atoms with Crippen LogP contribution in [0.2, 0.25) is 0 Å². The van der Waals surface area contributed by atoms with Crippen LogP contribution in [0.1, 0.15) is 11.3 Å². The van der Waals surface area contributed by atoms with Crippen LogP contribution in [-0.2, 0) is 6.61 Å². The van der Waals surface area contributed by atoms with E-state index in [1.807, 2.05) is 43.3 Å². The van der Waals surface area contributed by atoms with Crippen LogP contribution < -0.4 is 0 Å². The van der Waals surface area contributed by atoms with Gasteiger partial charge in [-0.2, -0.15) is 0 Å². The first-order chi connectivity index (χ1) is 6.81. The van der Waals surface area contributed by atoms with Crippen molar-refractivity contribution in [3.63, 3.8) is 0 Å². The van der Waals surface area contributed by atoms with Gasteiger partial charge in [0.15, 0.2) is 0 Å². The average molecular weight is 188 g/mol. The van der Waals surface area contributed by atoms with Crippen molar-refractivity contribution in [1.29, 1.82) is 0 Å². The zero-order chi connectivity index (χ0) is 9.97. The van der Waals surface area contributed by atoms with Crippen LogP contribution in [-0.4, -0.2) is 5.11 Å². The average Bonchev–Trinajstić information content (AvgIpc) is 2.61. The summed E-state index contributed by atoms with van der Waals surface area (Å²) >= 11 is 0. The van der Waals surface area contributed by atoms with E-state index in [0.29, 0.717) is 0 Å². The molecule has 2 heteroatoms. The molecule has 1 heterocycles. The minimum absolute atomic E-state index is 0.0154. The molecular weight excluding hydrogens is 176 g/mol. The Kier molecular flexibility index (Phi) is 2.37. The molecule has 14 heavy (non-hydrogen) atoms. The third-order valence-electron chi connectivity index (χ3n) is 2.14. The van der Waals surface area contributed by atoms with E-state index in [1.165, 1.54) is 0 Å². The maximum Gasteiger partial charge on any atom is 0.139 e. The summed E-state index contributed by atoms with van der Waals surface area (Å²) in [5.41, 5.74) is 1.85. The molecule has 72 valence electrons. The van der Waals surface area contributed by atoms with Gasteiger partial charge in [-0.3, -0.25) is 0 Å². The third-order valence-corrected chi connectivity index (χ3v) is 2.14. The molecule has 0 saturated carbocycles. The highest BCUT2D eigenvalue weighted by Crippen LogP contribution is 2.26. The van der Waals surface area contributed by atoms with Gasteiger partial charge in [-0.05, 0) is 13.0 Å². The molecule has 0 fully saturated rings. The molecule has 0 amide bonds. The molecule has 1 N–H and O–H groups in total. The maximum atomic E-state index is 9.13. The lowest BCUT2D eigenvalue weighted by molar-refractivity contribution is 0.281. The molecule has 0 aliphatic heterocycles. The molecule has 2 nitrogen and oxygen atoms in total. The molecule has 2 rings (SSSR count). The summed E-state index contributed by atoms with van der Waals surface area (Å²) in [6, 6.07) is 11.7. The summed E-state index contributed by atoms with van der Waals surface area (Å²) < 4.78 is 5.53. The Labute approximate surface area is 82.8 Å². The summed E-state index contributed by atoms with van der Waals surface area (Å²) in [4.78, 5) is 0. The normalized spacial score (nSPS) is 10.4. The molecule has 0 bridgehead atoms. The van der Waals surface area contributed by atoms with Gasteiger partial charge in [0.1, 0.15) is 11.5 Å². The van der Waals surface area contributed by atoms with Crippen molar-refractivity contribution in [2.45, 2.75) is 13.5 Å². The number of aryl methyl sites for hydroxylation is 1. The van der Waals surface area contributed by atoms with Crippen LogP contribution in [0, 0.1) is 6.92 Å². The topological polar surface area (TPSA) is 33.4 Å². The lowest BCUT2D eigenvalue weighted by Gasteiger charge is -1.98. The summed E-state index contributed by atoms with van der Waals surface area (Å²) in [6.07, 6.45) is 0. The van der Waals surface area contributed by atoms with Gasteiger partial charge in [0.2, 0.25) is 0 Å². The Hall–Kier alpha value is -1.54. The molecule has 0 aliphatic rings. The van der Waals surface area contributed by atoms with Gasteiger partial charge < -0.3 is 9.52 Å². The number of rotatable bonds is 2. The number of aliphatic hydroxyl groups excluding tert-OH is 1. The Bertz CT molecular complexity index is 415. The second kappa shape index (κ2) is 3.68. The van der Waals surface area contributed by atoms with E-state index in [0.717, 1.165) is 22.6 Å². The molecule has 1 aromatic carbocycles. The smallest absolute Gasteiger partial charge is 0.139 e. The molecule has 2 aromatic rings. The molecule has 0 aliphatic carbocycles. The first-order valence-electron chi connectivity index (χ1n) is 4.57. The molecule has 0 spiro atoms. The van der Waals surface area contributed by atoms with E-state index in [1.54, 1.807) is 0 Å². The summed E-state index contributed by atoms with van der Waals surface area (Å²) in [5, 5.41) is 9.13. The predicted molar refractivity (Wildman–Crippen MR) is 54.8 cm³/mol. The van der Waals surface area contributed by atoms with Crippen LogP contribution in [0.25, 0.3) is 11.3 Å². The zero-order valence-electron chi connectivity index (χ0n) is 8.03. The standard InChI is InChI=1S/C12H12O2/c1-9-7-11(8-13)12(14-9)10-5-3-2-4-6-10/h2-7,13H,8H2,1H3. The van der Waals surface area contributed by atoms with Crippen molar-refractivity contribution in [2.75, 3.05) is 0 Å². The van der Waals surface area contributed by atoms with E-state index in [4.69, 9.17) is 9.52 Å². The fourth-order valence-electron chi connectivity index (χ4n) is 1.52. The van der Waals surface area contributed by atoms with Gasteiger partial charge in [0, 0.05) is 11.1 Å². The van der Waals surface area contributed by atoms with Crippen molar-refractivity contribution < 1.29 is 9.52 Å². The van der Waals surface area contributed by atoms with Crippen LogP contribution in [0.15, 0.2) is 40.8 Å². The first-order valence-corrected chi connectivity index (χ1v) is 4.57. The van der Waals surface area contributed by atoms with Gasteiger partial charge in [-0.15, -0.1) is 0 Å². The van der Waals surface area contributed by atoms with Crippen LogP contribution in [0.4, 0.5) is 0 Å². The second-order valence-electron chi connectivity index (χ2n) is 3.24. The highest BCUT2D eigenvalue weighted by molar-refractivity contribution is 5.61. The van der Waals surface area contributed by atoms with Gasteiger partial charge >= 0.3 is 0 Å². The molecule has 0 atom stereocenters. The Morgan fingerprint density at radius 3 is 2.57 bits per heavy atom. The summed E-state index contributed by atoms with van der Waals surface area (Å²) in [6.45, 7) is 1.90. The first kappa shape index (κ1) is 9.03. The van der Waals surface area contributed by atoms with Crippen molar-refractivity contribution in [2.24, 2.45) is 0 Å². The van der Waals surface area contributed by atoms with Crippen molar-refractivity contribution >= 4 is 0 Å². The van der Waals surface area contributed by atoms with E-state index < -0.39 is 0 Å². The van der Waals surface area contributed by atoms with Crippen molar-refractivity contribution in [1.82, 2.24) is 0 Å². The van der Waals surface area contributed by atoms with E-state index >= 15 is 0 Å². The Morgan fingerprint density at radius 1 is 1.21 bits per heavy atom. The van der Waals surface area contributed by atoms with Crippen molar-refractivity contribution in [3.8, 4) is 11.3 Å². The van der Waals surface area contributed by atoms with E-state index in [2.05, 4.69) is 0 Å². The number of hydrogen-bond donors (Lipinski definition) is 1. The minimum Gasteiger partial charge on any atom is -0.461 e. The molecule has 0 radical (unpaired) electrons. The second-order valence-corrected chi connectivity index (χ2v) is 3.24. The minimum atomic E-state index is 0.0154. The number of benzene rings is 1. The van der Waals surface area contributed by atoms with E-state index in [-0.39, 0.29) is 6.61 Å². The van der Waals surface area contributed by atoms with Crippen LogP contribution in [0.5, 0.6) is 0 Å². The SMILES string of the molecule is Cc1cc(CO)c(-c2ccccc2)o1. The molecule has 0 saturated heterocycles. The number of furan rings is 1. The Balaban J connectivity index is 2.51. The molecule has 0 unspecified atom stereocenters. The molecular formula is C12H12O2. The fourth-order valence-corrected chi connectivity index (χ4v) is 1.52. The lowest BCUT2D eigenvalue weighted by Crippen LogP contribution is -1.82. The quantitative estimate of drug-likeness (QED) is 0.786. The van der Waals surface area contributed by atoms with Gasteiger partial charge in [0.05, 0.1) is 6.61 Å². The number of hydrogen-bond acceptors (Lipinski definition) is 2. The van der Waals surface area contributed by atoms with Gasteiger partial charge in [0.25, 0.3) is 0 Å². The monoisotopic (exact) mass is 188 g/mol. The molecule has 1 aromatic heterocycles. The largest absolute Gasteiger partial charge is 0.461 e. The van der Waals surface area contributed by atoms with Gasteiger partial charge in [-0.25, -0.2) is 0 Å². The fraction of sp³-hybridized carbons (Fsp3) is 0.167. The highest BCUT2D eigenvalue weighted by atomic mass is 16.3. The van der Waals surface area contributed by atoms with E-state index in [9.17, 15) is 0 Å². The third kappa shape index (κ3) is 1.56.